The van der Waals surface area contributed by atoms with Gasteiger partial charge in [-0.15, -0.1) is 0 Å². The molecule has 0 aromatic carbocycles. The minimum Gasteiger partial charge on any atom is -1.00 e. The zero-order valence-electron chi connectivity index (χ0n) is 4.42. The van der Waals surface area contributed by atoms with Crippen LogP contribution in [-0.2, 0) is 10.4 Å². The largest absolute Gasteiger partial charge is 1.00 e. The highest BCUT2D eigenvalue weighted by Crippen LogP contribution is 1.57. The Morgan fingerprint density at radius 1 is 1.00 bits per heavy atom. The van der Waals surface area contributed by atoms with Crippen LogP contribution >= 0.6 is 0 Å². The van der Waals surface area contributed by atoms with Crippen molar-refractivity contribution in [2.45, 2.75) is 0 Å². The van der Waals surface area contributed by atoms with Crippen LogP contribution in [0.2, 0.25) is 0 Å². The minimum atomic E-state index is -5.17. The molecule has 0 bridgehead atoms. The molecule has 0 unspecified atom stereocenters. The number of quaternary nitrogens is 2. The third-order valence-corrected chi connectivity index (χ3v) is 0. The van der Waals surface area contributed by atoms with Gasteiger partial charge >= 0.3 is 0 Å². The summed E-state index contributed by atoms with van der Waals surface area (Å²) in [6, 6.07) is 0. The lowest BCUT2D eigenvalue weighted by atomic mass is 14.0. The summed E-state index contributed by atoms with van der Waals surface area (Å²) < 4.78 is 34.1. The van der Waals surface area contributed by atoms with E-state index in [1.165, 1.54) is 0 Å². The van der Waals surface area contributed by atoms with Gasteiger partial charge in [0.2, 0.25) is 0 Å². The first-order valence-electron chi connectivity index (χ1n) is 0.667. The van der Waals surface area contributed by atoms with Crippen LogP contribution in [0.5, 0.6) is 0 Å². The lowest BCUT2D eigenvalue weighted by Crippen LogP contribution is -3.00. The van der Waals surface area contributed by atoms with Crippen LogP contribution in [0.15, 0.2) is 0 Å². The third kappa shape index (κ3) is 24500. The van der Waals surface area contributed by atoms with Crippen molar-refractivity contribution in [3.63, 3.8) is 0 Å². The van der Waals surface area contributed by atoms with E-state index < -0.39 is 10.4 Å². The summed E-state index contributed by atoms with van der Waals surface area (Å²) in [7, 11) is -5.17. The predicted octanol–water partition coefficient (Wildman–Crippen LogP) is -3.58. The second kappa shape index (κ2) is 7.08. The molecule has 0 aliphatic heterocycles. The fourth-order valence-electron chi connectivity index (χ4n) is 0. The maximum Gasteiger partial charge on any atom is 0.0311 e. The molecule has 0 fully saturated rings. The summed E-state index contributed by atoms with van der Waals surface area (Å²) in [6.07, 6.45) is 0. The highest BCUT2D eigenvalue weighted by molar-refractivity contribution is 7.79. The highest BCUT2D eigenvalue weighted by atomic mass is 35.5. The molecule has 0 aromatic heterocycles. The van der Waals surface area contributed by atoms with E-state index >= 15 is 0 Å². The van der Waals surface area contributed by atoms with E-state index in [-0.39, 0.29) is 24.7 Å². The molecule has 0 rings (SSSR count). The number of hydrogen-bond donors (Lipinski definition) is 2. The van der Waals surface area contributed by atoms with E-state index in [0.717, 1.165) is 0 Å². The molecule has 0 spiro atoms. The predicted molar refractivity (Wildman–Crippen MR) is 22.4 cm³/mol. The topological polar surface area (TPSA) is 153 Å². The molecule has 6 nitrogen and oxygen atoms in total. The first-order valence-corrected chi connectivity index (χ1v) is 2.00. The lowest BCUT2D eigenvalue weighted by molar-refractivity contribution is -0.00000928. The van der Waals surface area contributed by atoms with Crippen molar-refractivity contribution in [2.24, 2.45) is 0 Å². The second-order valence-corrected chi connectivity index (χ2v) is 1.22. The molecule has 8 heteroatoms. The van der Waals surface area contributed by atoms with Crippen molar-refractivity contribution in [2.75, 3.05) is 0 Å². The summed E-state index contributed by atoms with van der Waals surface area (Å²) in [5, 5.41) is 0. The number of hydrogen-bond acceptors (Lipinski definition) is 4. The number of rotatable bonds is 0. The van der Waals surface area contributed by atoms with Gasteiger partial charge in [-0.3, -0.25) is 8.42 Å². The van der Waals surface area contributed by atoms with Crippen LogP contribution in [0.3, 0.4) is 0 Å². The Labute approximate surface area is 53.4 Å². The van der Waals surface area contributed by atoms with Gasteiger partial charge in [0.1, 0.15) is 0 Å². The average molecular weight is 168 g/mol. The van der Waals surface area contributed by atoms with Crippen LogP contribution < -0.4 is 24.7 Å². The Hall–Kier alpha value is 0.0800. The fraction of sp³-hybridized carbons (Fsp3) is 0. The van der Waals surface area contributed by atoms with Crippen molar-refractivity contribution >= 4 is 10.4 Å². The van der Waals surface area contributed by atoms with E-state index in [9.17, 15) is 0 Å². The van der Waals surface area contributed by atoms with Gasteiger partial charge in [0.25, 0.3) is 0 Å². The van der Waals surface area contributed by atoms with Crippen molar-refractivity contribution in [3.8, 4) is 0 Å². The lowest BCUT2D eigenvalue weighted by Gasteiger charge is -2.06. The Morgan fingerprint density at radius 2 is 1.00 bits per heavy atom. The van der Waals surface area contributed by atoms with Gasteiger partial charge < -0.3 is 33.8 Å². The maximum absolute atomic E-state index is 8.52. The Balaban J connectivity index is -0.0000000267. The molecule has 0 heterocycles. The van der Waals surface area contributed by atoms with Crippen LogP contribution in [0, 0.1) is 0 Å². The van der Waals surface area contributed by atoms with E-state index in [1.807, 2.05) is 0 Å². The average Bonchev–Trinajstić information content (AvgIpc) is 0.722. The molecule has 0 atom stereocenters. The molecule has 56 valence electrons. The molecule has 0 saturated carbocycles. The smallest absolute Gasteiger partial charge is 0.0311 e. The van der Waals surface area contributed by atoms with E-state index in [0.29, 0.717) is 0 Å². The molecular formula is H8ClN2O4S-. The zero-order valence-corrected chi connectivity index (χ0v) is 5.99. The molecule has 0 saturated heterocycles. The van der Waals surface area contributed by atoms with Crippen LogP contribution in [-0.4, -0.2) is 17.5 Å². The Kier molecular flexibility index (Phi) is 21.5. The van der Waals surface area contributed by atoms with Gasteiger partial charge in [0.05, 0.1) is 0 Å². The summed E-state index contributed by atoms with van der Waals surface area (Å²) in [6.45, 7) is 0. The fourth-order valence-corrected chi connectivity index (χ4v) is 0. The summed E-state index contributed by atoms with van der Waals surface area (Å²) in [5.74, 6) is 0. The van der Waals surface area contributed by atoms with Crippen molar-refractivity contribution in [3.05, 3.63) is 0 Å². The molecule has 8 N–H and O–H groups in total. The first kappa shape index (κ1) is 24.3. The van der Waals surface area contributed by atoms with Gasteiger partial charge in [-0.25, -0.2) is 0 Å². The van der Waals surface area contributed by atoms with Gasteiger partial charge in [-0.05, 0) is 0 Å². The van der Waals surface area contributed by atoms with Crippen molar-refractivity contribution < 1.29 is 29.9 Å². The monoisotopic (exact) mass is 167 g/mol. The highest BCUT2D eigenvalue weighted by Gasteiger charge is 1.49. The van der Waals surface area contributed by atoms with Crippen molar-refractivity contribution in [1.82, 2.24) is 12.3 Å². The van der Waals surface area contributed by atoms with Crippen LogP contribution in [0.25, 0.3) is 0 Å². The molecule has 0 amide bonds. The zero-order chi connectivity index (χ0) is 4.50. The summed E-state index contributed by atoms with van der Waals surface area (Å²) in [5.41, 5.74) is 0. The quantitative estimate of drug-likeness (QED) is 0.283. The molecule has 0 aliphatic carbocycles. The van der Waals surface area contributed by atoms with Crippen molar-refractivity contribution in [1.29, 1.82) is 0 Å². The maximum atomic E-state index is 8.52. The molecule has 0 aromatic rings. The SMILES string of the molecule is O=S(=O)([O-])[O-].[Cl-].[NH4+].[NH4+]. The van der Waals surface area contributed by atoms with Crippen LogP contribution in [0.4, 0.5) is 0 Å². The molecule has 0 aliphatic rings. The van der Waals surface area contributed by atoms with Gasteiger partial charge in [-0.1, -0.05) is 0 Å². The summed E-state index contributed by atoms with van der Waals surface area (Å²) in [4.78, 5) is 0. The Morgan fingerprint density at radius 3 is 1.00 bits per heavy atom. The van der Waals surface area contributed by atoms with Gasteiger partial charge in [0.15, 0.2) is 0 Å². The molecule has 8 heavy (non-hydrogen) atoms. The first-order chi connectivity index (χ1) is 2.00. The van der Waals surface area contributed by atoms with Crippen LogP contribution in [0.1, 0.15) is 0 Å². The van der Waals surface area contributed by atoms with Gasteiger partial charge in [0, 0.05) is 10.4 Å². The van der Waals surface area contributed by atoms with E-state index in [1.54, 1.807) is 0 Å². The summed E-state index contributed by atoms with van der Waals surface area (Å²) >= 11 is 0. The van der Waals surface area contributed by atoms with E-state index in [4.69, 9.17) is 17.5 Å². The molecule has 0 radical (unpaired) electrons. The second-order valence-electron chi connectivity index (χ2n) is 0.408. The number of halogens is 1. The van der Waals surface area contributed by atoms with Gasteiger partial charge in [-0.2, -0.15) is 0 Å². The normalized spacial score (nSPS) is 7.25. The van der Waals surface area contributed by atoms with E-state index in [2.05, 4.69) is 0 Å². The minimum absolute atomic E-state index is 0. The Bertz CT molecular complexity index is 97.2. The standard InChI is InChI=1S/ClH.2H3N.H2O4S/c;;;1-5(2,3)4/h1H;2*1H3;(H2,1,2,3,4)/p-1. The molecular weight excluding hydrogens is 160 g/mol. The third-order valence-electron chi connectivity index (χ3n) is 0.